The number of nitrogens with zero attached hydrogens (tertiary/aromatic N) is 2. The van der Waals surface area contributed by atoms with Gasteiger partial charge in [-0.05, 0) is 18.8 Å². The molecule has 0 spiro atoms. The van der Waals surface area contributed by atoms with Gasteiger partial charge in [0.25, 0.3) is 0 Å². The number of carbonyl (C=O) groups is 1. The third-order valence-corrected chi connectivity index (χ3v) is 4.88. The first kappa shape index (κ1) is 15.8. The third kappa shape index (κ3) is 3.95. The Morgan fingerprint density at radius 3 is 2.10 bits per heavy atom. The van der Waals surface area contributed by atoms with Gasteiger partial charge in [-0.25, -0.2) is 0 Å². The number of rotatable bonds is 5. The van der Waals surface area contributed by atoms with E-state index in [0.717, 1.165) is 65.0 Å². The van der Waals surface area contributed by atoms with Crippen molar-refractivity contribution in [2.75, 3.05) is 39.3 Å². The Morgan fingerprint density at radius 1 is 1.05 bits per heavy atom. The van der Waals surface area contributed by atoms with Gasteiger partial charge >= 0.3 is 5.97 Å². The van der Waals surface area contributed by atoms with Crippen LogP contribution in [-0.2, 0) is 4.79 Å². The molecule has 1 N–H and O–H groups in total. The van der Waals surface area contributed by atoms with Gasteiger partial charge in [-0.1, -0.05) is 33.1 Å². The zero-order chi connectivity index (χ0) is 14.6. The first-order valence-corrected chi connectivity index (χ1v) is 8.20. The number of carboxylic acid groups (broad SMARTS) is 1. The Kier molecular flexibility index (Phi) is 5.44. The van der Waals surface area contributed by atoms with Crippen molar-refractivity contribution in [2.45, 2.75) is 46.0 Å². The van der Waals surface area contributed by atoms with Crippen LogP contribution in [0.4, 0.5) is 0 Å². The third-order valence-electron chi connectivity index (χ3n) is 4.88. The van der Waals surface area contributed by atoms with Crippen molar-refractivity contribution >= 4 is 5.97 Å². The minimum atomic E-state index is -0.568. The lowest BCUT2D eigenvalue weighted by molar-refractivity contribution is -0.153. The van der Waals surface area contributed by atoms with E-state index in [1.165, 1.54) is 6.42 Å². The summed E-state index contributed by atoms with van der Waals surface area (Å²) in [5.41, 5.74) is -0.460. The first-order valence-electron chi connectivity index (χ1n) is 8.20. The molecule has 0 aromatic carbocycles. The molecular formula is C16H30N2O2. The molecule has 0 radical (unpaired) electrons. The molecule has 2 aliphatic rings. The average Bonchev–Trinajstić information content (AvgIpc) is 2.41. The number of aliphatic carboxylic acids is 1. The Balaban J connectivity index is 1.85. The minimum absolute atomic E-state index is 0.460. The summed E-state index contributed by atoms with van der Waals surface area (Å²) in [6.45, 7) is 10.7. The molecule has 2 fully saturated rings. The quantitative estimate of drug-likeness (QED) is 0.840. The van der Waals surface area contributed by atoms with Crippen LogP contribution in [0.2, 0.25) is 0 Å². The van der Waals surface area contributed by atoms with Crippen LogP contribution < -0.4 is 0 Å². The monoisotopic (exact) mass is 282 g/mol. The highest BCUT2D eigenvalue weighted by Crippen LogP contribution is 2.37. The molecule has 1 aliphatic carbocycles. The maximum absolute atomic E-state index is 11.7. The van der Waals surface area contributed by atoms with Gasteiger partial charge in [0.1, 0.15) is 0 Å². The fourth-order valence-corrected chi connectivity index (χ4v) is 3.74. The molecular weight excluding hydrogens is 252 g/mol. The van der Waals surface area contributed by atoms with E-state index in [2.05, 4.69) is 23.6 Å². The van der Waals surface area contributed by atoms with Gasteiger partial charge in [-0.3, -0.25) is 9.69 Å². The summed E-state index contributed by atoms with van der Waals surface area (Å²) < 4.78 is 0. The van der Waals surface area contributed by atoms with Gasteiger partial charge in [0.15, 0.2) is 0 Å². The summed E-state index contributed by atoms with van der Waals surface area (Å²) >= 11 is 0. The summed E-state index contributed by atoms with van der Waals surface area (Å²) in [6, 6.07) is 0. The molecule has 0 bridgehead atoms. The molecule has 0 unspecified atom stereocenters. The number of hydrogen-bond acceptors (Lipinski definition) is 3. The molecule has 0 aromatic heterocycles. The Morgan fingerprint density at radius 2 is 1.60 bits per heavy atom. The van der Waals surface area contributed by atoms with E-state index in [1.807, 2.05) is 0 Å². The van der Waals surface area contributed by atoms with E-state index in [4.69, 9.17) is 0 Å². The molecule has 1 aliphatic heterocycles. The van der Waals surface area contributed by atoms with E-state index in [9.17, 15) is 9.90 Å². The fraction of sp³-hybridized carbons (Fsp3) is 0.938. The van der Waals surface area contributed by atoms with Gasteiger partial charge in [-0.15, -0.1) is 0 Å². The van der Waals surface area contributed by atoms with Crippen LogP contribution >= 0.6 is 0 Å². The van der Waals surface area contributed by atoms with Crippen molar-refractivity contribution in [3.8, 4) is 0 Å². The normalized spacial score (nSPS) is 24.9. The summed E-state index contributed by atoms with van der Waals surface area (Å²) in [5.74, 6) is 0.145. The average molecular weight is 282 g/mol. The Hall–Kier alpha value is -0.610. The maximum Gasteiger partial charge on any atom is 0.310 e. The lowest BCUT2D eigenvalue weighted by atomic mass is 9.73. The molecule has 0 aromatic rings. The van der Waals surface area contributed by atoms with Crippen molar-refractivity contribution in [1.82, 2.24) is 9.80 Å². The van der Waals surface area contributed by atoms with Crippen LogP contribution in [0, 0.1) is 11.3 Å². The van der Waals surface area contributed by atoms with Crippen molar-refractivity contribution in [2.24, 2.45) is 11.3 Å². The highest BCUT2D eigenvalue weighted by molar-refractivity contribution is 5.75. The molecule has 1 heterocycles. The van der Waals surface area contributed by atoms with Crippen molar-refractivity contribution < 1.29 is 9.90 Å². The van der Waals surface area contributed by atoms with Crippen LogP contribution in [0.25, 0.3) is 0 Å². The second-order valence-electron chi connectivity index (χ2n) is 7.12. The zero-order valence-electron chi connectivity index (χ0n) is 13.1. The lowest BCUT2D eigenvalue weighted by Crippen LogP contribution is -2.52. The fourth-order valence-electron chi connectivity index (χ4n) is 3.74. The van der Waals surface area contributed by atoms with Crippen molar-refractivity contribution in [3.05, 3.63) is 0 Å². The van der Waals surface area contributed by atoms with Crippen LogP contribution in [0.1, 0.15) is 46.0 Å². The smallest absolute Gasteiger partial charge is 0.310 e. The molecule has 116 valence electrons. The standard InChI is InChI=1S/C16H30N2O2/c1-14(2)12-17-8-10-18(11-9-17)13-16(15(19)20)6-4-3-5-7-16/h14H,3-13H2,1-2H3,(H,19,20). The highest BCUT2D eigenvalue weighted by atomic mass is 16.4. The summed E-state index contributed by atoms with van der Waals surface area (Å²) in [6.07, 6.45) is 5.11. The van der Waals surface area contributed by atoms with E-state index < -0.39 is 11.4 Å². The lowest BCUT2D eigenvalue weighted by Gasteiger charge is -2.41. The predicted octanol–water partition coefficient (Wildman–Crippen LogP) is 2.30. The topological polar surface area (TPSA) is 43.8 Å². The molecule has 4 heteroatoms. The number of carboxylic acids is 1. The van der Waals surface area contributed by atoms with Gasteiger partial charge in [0.2, 0.25) is 0 Å². The largest absolute Gasteiger partial charge is 0.481 e. The van der Waals surface area contributed by atoms with E-state index >= 15 is 0 Å². The molecule has 4 nitrogen and oxygen atoms in total. The SMILES string of the molecule is CC(C)CN1CCN(CC2(C(=O)O)CCCCC2)CC1. The van der Waals surface area contributed by atoms with Gasteiger partial charge in [-0.2, -0.15) is 0 Å². The molecule has 0 atom stereocenters. The van der Waals surface area contributed by atoms with Crippen LogP contribution in [0.3, 0.4) is 0 Å². The summed E-state index contributed by atoms with van der Waals surface area (Å²) in [4.78, 5) is 16.6. The predicted molar refractivity (Wildman–Crippen MR) is 80.9 cm³/mol. The second-order valence-corrected chi connectivity index (χ2v) is 7.12. The Bertz CT molecular complexity index is 316. The van der Waals surface area contributed by atoms with Gasteiger partial charge < -0.3 is 10.0 Å². The van der Waals surface area contributed by atoms with Gasteiger partial charge in [0.05, 0.1) is 5.41 Å². The highest BCUT2D eigenvalue weighted by Gasteiger charge is 2.41. The van der Waals surface area contributed by atoms with Crippen LogP contribution in [0.15, 0.2) is 0 Å². The van der Waals surface area contributed by atoms with Crippen LogP contribution in [0.5, 0.6) is 0 Å². The first-order chi connectivity index (χ1) is 9.52. The molecule has 0 amide bonds. The Labute approximate surface area is 123 Å². The van der Waals surface area contributed by atoms with Crippen molar-refractivity contribution in [3.63, 3.8) is 0 Å². The zero-order valence-corrected chi connectivity index (χ0v) is 13.1. The second kappa shape index (κ2) is 6.90. The van der Waals surface area contributed by atoms with Crippen LogP contribution in [-0.4, -0.2) is 60.1 Å². The minimum Gasteiger partial charge on any atom is -0.481 e. The number of hydrogen-bond donors (Lipinski definition) is 1. The van der Waals surface area contributed by atoms with E-state index in [1.54, 1.807) is 0 Å². The van der Waals surface area contributed by atoms with Gasteiger partial charge in [0, 0.05) is 39.3 Å². The summed E-state index contributed by atoms with van der Waals surface area (Å²) in [7, 11) is 0. The molecule has 20 heavy (non-hydrogen) atoms. The molecule has 1 saturated carbocycles. The number of piperazine rings is 1. The van der Waals surface area contributed by atoms with E-state index in [0.29, 0.717) is 5.92 Å². The van der Waals surface area contributed by atoms with Crippen molar-refractivity contribution in [1.29, 1.82) is 0 Å². The van der Waals surface area contributed by atoms with E-state index in [-0.39, 0.29) is 0 Å². The maximum atomic E-state index is 11.7. The molecule has 2 rings (SSSR count). The molecule has 1 saturated heterocycles. The summed E-state index contributed by atoms with van der Waals surface area (Å²) in [5, 5.41) is 9.65.